The van der Waals surface area contributed by atoms with Gasteiger partial charge in [-0.15, -0.1) is 11.3 Å². The van der Waals surface area contributed by atoms with Crippen LogP contribution in [-0.2, 0) is 9.53 Å². The van der Waals surface area contributed by atoms with Gasteiger partial charge in [-0.05, 0) is 29.7 Å². The minimum Gasteiger partial charge on any atom is -0.451 e. The number of hydrogen-bond acceptors (Lipinski definition) is 6. The average molecular weight is 289 g/mol. The lowest BCUT2D eigenvalue weighted by Crippen LogP contribution is -2.28. The number of hydrogen-bond donors (Lipinski definition) is 2. The first-order valence-corrected chi connectivity index (χ1v) is 6.51. The molecule has 7 heteroatoms. The Morgan fingerprint density at radius 3 is 2.95 bits per heavy atom. The molecule has 2 aromatic rings. The largest absolute Gasteiger partial charge is 0.451 e. The summed E-state index contributed by atoms with van der Waals surface area (Å²) >= 11 is 1.27. The predicted molar refractivity (Wildman–Crippen MR) is 75.1 cm³/mol. The van der Waals surface area contributed by atoms with Crippen molar-refractivity contribution in [1.29, 1.82) is 5.26 Å². The second kappa shape index (κ2) is 6.04. The standard InChI is InChI=1S/C13H11N3O3S/c14-3-4-16-12(17)7-19-13(18)11-6-8-5-9(15)1-2-10(8)20-11/h1-2,5-6H,4,7,15H2,(H,16,17). The summed E-state index contributed by atoms with van der Waals surface area (Å²) in [6.45, 7) is -0.518. The third-order valence-corrected chi connectivity index (χ3v) is 3.54. The molecular weight excluding hydrogens is 278 g/mol. The molecule has 0 unspecified atom stereocenters. The van der Waals surface area contributed by atoms with E-state index in [2.05, 4.69) is 5.32 Å². The molecular formula is C13H11N3O3S. The molecule has 0 fully saturated rings. The van der Waals surface area contributed by atoms with Gasteiger partial charge < -0.3 is 15.8 Å². The van der Waals surface area contributed by atoms with Crippen molar-refractivity contribution >= 4 is 39.0 Å². The van der Waals surface area contributed by atoms with E-state index in [4.69, 9.17) is 15.7 Å². The Morgan fingerprint density at radius 1 is 1.40 bits per heavy atom. The van der Waals surface area contributed by atoms with E-state index in [0.717, 1.165) is 10.1 Å². The van der Waals surface area contributed by atoms with Gasteiger partial charge in [0.25, 0.3) is 5.91 Å². The number of carbonyl (C=O) groups excluding carboxylic acids is 2. The van der Waals surface area contributed by atoms with Gasteiger partial charge in [0.2, 0.25) is 0 Å². The second-order valence-corrected chi connectivity index (χ2v) is 5.00. The van der Waals surface area contributed by atoms with Gasteiger partial charge in [0, 0.05) is 10.4 Å². The van der Waals surface area contributed by atoms with Crippen molar-refractivity contribution in [2.45, 2.75) is 0 Å². The highest BCUT2D eigenvalue weighted by molar-refractivity contribution is 7.20. The molecule has 0 aliphatic rings. The third kappa shape index (κ3) is 3.24. The lowest BCUT2D eigenvalue weighted by atomic mass is 10.2. The maximum atomic E-state index is 11.8. The molecule has 20 heavy (non-hydrogen) atoms. The van der Waals surface area contributed by atoms with E-state index < -0.39 is 18.5 Å². The number of nitrogens with two attached hydrogens (primary N) is 1. The van der Waals surface area contributed by atoms with E-state index in [1.807, 2.05) is 6.07 Å². The van der Waals surface area contributed by atoms with Crippen molar-refractivity contribution in [3.63, 3.8) is 0 Å². The number of carbonyl (C=O) groups is 2. The topological polar surface area (TPSA) is 105 Å². The van der Waals surface area contributed by atoms with E-state index in [1.165, 1.54) is 11.3 Å². The Kier molecular flexibility index (Phi) is 4.17. The quantitative estimate of drug-likeness (QED) is 0.501. The van der Waals surface area contributed by atoms with Crippen molar-refractivity contribution in [3.8, 4) is 6.07 Å². The number of nitrogens with zero attached hydrogens (tertiary/aromatic N) is 1. The van der Waals surface area contributed by atoms with Gasteiger partial charge in [-0.3, -0.25) is 4.79 Å². The van der Waals surface area contributed by atoms with Crippen LogP contribution in [0.4, 0.5) is 5.69 Å². The molecule has 0 saturated heterocycles. The van der Waals surface area contributed by atoms with Crippen LogP contribution in [0.3, 0.4) is 0 Å². The highest BCUT2D eigenvalue weighted by Crippen LogP contribution is 2.27. The molecule has 3 N–H and O–H groups in total. The fourth-order valence-corrected chi connectivity index (χ4v) is 2.49. The van der Waals surface area contributed by atoms with Gasteiger partial charge in [-0.25, -0.2) is 4.79 Å². The van der Waals surface area contributed by atoms with Crippen LogP contribution in [0, 0.1) is 11.3 Å². The van der Waals surface area contributed by atoms with Gasteiger partial charge >= 0.3 is 5.97 Å². The molecule has 0 atom stereocenters. The molecule has 1 amide bonds. The lowest BCUT2D eigenvalue weighted by molar-refractivity contribution is -0.123. The van der Waals surface area contributed by atoms with Crippen molar-refractivity contribution in [3.05, 3.63) is 29.1 Å². The maximum Gasteiger partial charge on any atom is 0.348 e. The molecule has 1 aromatic carbocycles. The fourth-order valence-electron chi connectivity index (χ4n) is 1.55. The average Bonchev–Trinajstić information content (AvgIpc) is 2.85. The number of nitrogen functional groups attached to an aromatic ring is 1. The van der Waals surface area contributed by atoms with Crippen LogP contribution in [0.25, 0.3) is 10.1 Å². The molecule has 0 saturated carbocycles. The molecule has 0 radical (unpaired) electrons. The summed E-state index contributed by atoms with van der Waals surface area (Å²) in [7, 11) is 0. The Labute approximate surface area is 118 Å². The smallest absolute Gasteiger partial charge is 0.348 e. The van der Waals surface area contributed by atoms with Gasteiger partial charge in [0.1, 0.15) is 11.4 Å². The Balaban J connectivity index is 2.01. The molecule has 2 rings (SSSR count). The second-order valence-electron chi connectivity index (χ2n) is 3.92. The van der Waals surface area contributed by atoms with Crippen molar-refractivity contribution in [2.24, 2.45) is 0 Å². The molecule has 6 nitrogen and oxygen atoms in total. The summed E-state index contributed by atoms with van der Waals surface area (Å²) in [4.78, 5) is 23.4. The van der Waals surface area contributed by atoms with Crippen molar-refractivity contribution in [2.75, 3.05) is 18.9 Å². The van der Waals surface area contributed by atoms with Gasteiger partial charge in [-0.1, -0.05) is 0 Å². The first-order chi connectivity index (χ1) is 9.60. The summed E-state index contributed by atoms with van der Waals surface area (Å²) in [6.07, 6.45) is 0. The zero-order valence-electron chi connectivity index (χ0n) is 10.4. The highest BCUT2D eigenvalue weighted by atomic mass is 32.1. The summed E-state index contributed by atoms with van der Waals surface area (Å²) in [5.74, 6) is -1.08. The van der Waals surface area contributed by atoms with Crippen LogP contribution in [0.15, 0.2) is 24.3 Å². The van der Waals surface area contributed by atoms with Gasteiger partial charge in [-0.2, -0.15) is 5.26 Å². The van der Waals surface area contributed by atoms with Gasteiger partial charge in [0.05, 0.1) is 6.07 Å². The number of amides is 1. The summed E-state index contributed by atoms with van der Waals surface area (Å²) < 4.78 is 5.78. The number of nitrogens with one attached hydrogen (secondary N) is 1. The summed E-state index contributed by atoms with van der Waals surface area (Å²) in [6, 6.07) is 8.78. The number of esters is 1. The summed E-state index contributed by atoms with van der Waals surface area (Å²) in [5.41, 5.74) is 6.28. The zero-order chi connectivity index (χ0) is 14.5. The minimum absolute atomic E-state index is 0.113. The number of benzene rings is 1. The fraction of sp³-hybridized carbons (Fsp3) is 0.154. The zero-order valence-corrected chi connectivity index (χ0v) is 11.2. The lowest BCUT2D eigenvalue weighted by Gasteiger charge is -2.02. The highest BCUT2D eigenvalue weighted by Gasteiger charge is 2.13. The SMILES string of the molecule is N#CCNC(=O)COC(=O)c1cc2cc(N)ccc2s1. The third-order valence-electron chi connectivity index (χ3n) is 2.44. The van der Waals surface area contributed by atoms with Crippen molar-refractivity contribution < 1.29 is 14.3 Å². The Hall–Kier alpha value is -2.59. The van der Waals surface area contributed by atoms with E-state index in [0.29, 0.717) is 10.6 Å². The normalized spacial score (nSPS) is 9.95. The van der Waals surface area contributed by atoms with Gasteiger partial charge in [0.15, 0.2) is 6.61 Å². The number of thiophene rings is 1. The number of nitriles is 1. The van der Waals surface area contributed by atoms with Crippen LogP contribution in [0.5, 0.6) is 0 Å². The maximum absolute atomic E-state index is 11.8. The van der Waals surface area contributed by atoms with E-state index in [-0.39, 0.29) is 6.54 Å². The number of anilines is 1. The molecule has 1 heterocycles. The first-order valence-electron chi connectivity index (χ1n) is 5.70. The Morgan fingerprint density at radius 2 is 2.20 bits per heavy atom. The van der Waals surface area contributed by atoms with E-state index in [9.17, 15) is 9.59 Å². The van der Waals surface area contributed by atoms with Crippen LogP contribution >= 0.6 is 11.3 Å². The van der Waals surface area contributed by atoms with E-state index in [1.54, 1.807) is 24.3 Å². The Bertz CT molecular complexity index is 702. The van der Waals surface area contributed by atoms with Crippen molar-refractivity contribution in [1.82, 2.24) is 5.32 Å². The monoisotopic (exact) mass is 289 g/mol. The summed E-state index contributed by atoms with van der Waals surface area (Å²) in [5, 5.41) is 11.4. The number of rotatable bonds is 4. The molecule has 0 aliphatic carbocycles. The molecule has 0 bridgehead atoms. The van der Waals surface area contributed by atoms with E-state index >= 15 is 0 Å². The predicted octanol–water partition coefficient (Wildman–Crippen LogP) is 1.28. The number of fused-ring (bicyclic) bond motifs is 1. The molecule has 102 valence electrons. The molecule has 0 aliphatic heterocycles. The van der Waals surface area contributed by atoms with Crippen LogP contribution in [0.2, 0.25) is 0 Å². The van der Waals surface area contributed by atoms with Crippen LogP contribution in [-0.4, -0.2) is 25.0 Å². The van der Waals surface area contributed by atoms with Crippen LogP contribution in [0.1, 0.15) is 9.67 Å². The minimum atomic E-state index is -0.572. The van der Waals surface area contributed by atoms with Crippen LogP contribution < -0.4 is 11.1 Å². The molecule has 0 spiro atoms. The molecule has 1 aromatic heterocycles. The first kappa shape index (κ1) is 13.8. The number of ether oxygens (including phenoxy) is 1.